The van der Waals surface area contributed by atoms with Crippen LogP contribution in [0, 0.1) is 18.3 Å². The van der Waals surface area contributed by atoms with E-state index >= 15 is 0 Å². The Balaban J connectivity index is 2.51. The number of anilines is 2. The number of nitriles is 1. The average molecular weight is 322 g/mol. The van der Waals surface area contributed by atoms with Crippen LogP contribution in [0.15, 0.2) is 41.3 Å². The van der Waals surface area contributed by atoms with Gasteiger partial charge in [0, 0.05) is 5.02 Å². The molecule has 0 saturated carbocycles. The van der Waals surface area contributed by atoms with E-state index in [1.165, 1.54) is 24.3 Å². The van der Waals surface area contributed by atoms with Gasteiger partial charge >= 0.3 is 0 Å². The van der Waals surface area contributed by atoms with Gasteiger partial charge in [0.1, 0.15) is 11.0 Å². The number of benzene rings is 2. The second-order valence-corrected chi connectivity index (χ2v) is 6.48. The van der Waals surface area contributed by atoms with Gasteiger partial charge in [0.25, 0.3) is 10.0 Å². The highest BCUT2D eigenvalue weighted by atomic mass is 35.5. The lowest BCUT2D eigenvalue weighted by molar-refractivity contribution is 0.601. The van der Waals surface area contributed by atoms with Crippen molar-refractivity contribution in [3.05, 3.63) is 52.5 Å². The predicted octanol–water partition coefficient (Wildman–Crippen LogP) is 2.90. The predicted molar refractivity (Wildman–Crippen MR) is 82.6 cm³/mol. The summed E-state index contributed by atoms with van der Waals surface area (Å²) in [5.74, 6) is 0. The van der Waals surface area contributed by atoms with Gasteiger partial charge in [-0.05, 0) is 36.8 Å². The zero-order valence-corrected chi connectivity index (χ0v) is 12.7. The Labute approximate surface area is 128 Å². The molecule has 0 aliphatic rings. The van der Waals surface area contributed by atoms with Crippen molar-refractivity contribution in [1.82, 2.24) is 0 Å². The van der Waals surface area contributed by atoms with Crippen LogP contribution in [0.5, 0.6) is 0 Å². The molecule has 0 fully saturated rings. The molecule has 0 heterocycles. The molecule has 2 rings (SSSR count). The topological polar surface area (TPSA) is 96.0 Å². The van der Waals surface area contributed by atoms with Gasteiger partial charge in [-0.15, -0.1) is 0 Å². The first-order valence-electron chi connectivity index (χ1n) is 5.92. The highest BCUT2D eigenvalue weighted by molar-refractivity contribution is 7.92. The second-order valence-electron chi connectivity index (χ2n) is 4.40. The average Bonchev–Trinajstić information content (AvgIpc) is 2.41. The molecule has 2 aromatic carbocycles. The minimum atomic E-state index is -3.93. The summed E-state index contributed by atoms with van der Waals surface area (Å²) in [6.45, 7) is 1.73. The lowest BCUT2D eigenvalue weighted by Gasteiger charge is -2.12. The maximum absolute atomic E-state index is 12.4. The third-order valence-corrected chi connectivity index (χ3v) is 4.55. The molecule has 0 unspecified atom stereocenters. The third-order valence-electron chi connectivity index (χ3n) is 2.89. The van der Waals surface area contributed by atoms with Crippen molar-refractivity contribution in [1.29, 1.82) is 5.26 Å². The van der Waals surface area contributed by atoms with Crippen LogP contribution in [-0.4, -0.2) is 8.42 Å². The van der Waals surface area contributed by atoms with Gasteiger partial charge in [-0.25, -0.2) is 8.42 Å². The van der Waals surface area contributed by atoms with E-state index in [0.717, 1.165) is 0 Å². The van der Waals surface area contributed by atoms with E-state index in [2.05, 4.69) is 4.72 Å². The molecule has 0 aliphatic heterocycles. The first-order valence-corrected chi connectivity index (χ1v) is 7.79. The summed E-state index contributed by atoms with van der Waals surface area (Å²) >= 11 is 5.81. The zero-order chi connectivity index (χ0) is 15.6. The van der Waals surface area contributed by atoms with E-state index < -0.39 is 10.0 Å². The summed E-state index contributed by atoms with van der Waals surface area (Å²) in [6.07, 6.45) is 0. The maximum atomic E-state index is 12.4. The monoisotopic (exact) mass is 321 g/mol. The van der Waals surface area contributed by atoms with Crippen molar-refractivity contribution in [2.75, 3.05) is 10.5 Å². The molecule has 0 saturated heterocycles. The number of nitrogens with zero attached hydrogens (tertiary/aromatic N) is 1. The highest BCUT2D eigenvalue weighted by Crippen LogP contribution is 2.27. The number of hydrogen-bond acceptors (Lipinski definition) is 4. The Morgan fingerprint density at radius 2 is 2.00 bits per heavy atom. The fraction of sp³-hybridized carbons (Fsp3) is 0.0714. The molecule has 21 heavy (non-hydrogen) atoms. The number of sulfonamides is 1. The largest absolute Gasteiger partial charge is 0.398 e. The quantitative estimate of drug-likeness (QED) is 0.849. The van der Waals surface area contributed by atoms with Gasteiger partial charge in [-0.3, -0.25) is 4.72 Å². The Kier molecular flexibility index (Phi) is 4.07. The molecule has 0 bridgehead atoms. The number of nitrogens with one attached hydrogen (secondary N) is 1. The van der Waals surface area contributed by atoms with Crippen LogP contribution in [0.25, 0.3) is 0 Å². The standard InChI is InChI=1S/C14H12ClN3O2S/c1-9-3-2-4-13(11(9)8-16)18-21(19,20)14-7-10(15)5-6-12(14)17/h2-7,18H,17H2,1H3. The molecule has 0 amide bonds. The molecule has 2 aromatic rings. The van der Waals surface area contributed by atoms with E-state index in [-0.39, 0.29) is 26.9 Å². The number of hydrogen-bond donors (Lipinski definition) is 2. The minimum absolute atomic E-state index is 0.0815. The summed E-state index contributed by atoms with van der Waals surface area (Å²) in [7, 11) is -3.93. The summed E-state index contributed by atoms with van der Waals surface area (Å²) in [5, 5.41) is 9.39. The summed E-state index contributed by atoms with van der Waals surface area (Å²) in [4.78, 5) is -0.125. The first kappa shape index (κ1) is 15.2. The first-order chi connectivity index (χ1) is 9.85. The summed E-state index contributed by atoms with van der Waals surface area (Å²) < 4.78 is 27.2. The molecule has 0 aliphatic carbocycles. The summed E-state index contributed by atoms with van der Waals surface area (Å²) in [6, 6.07) is 11.1. The van der Waals surface area contributed by atoms with E-state index in [9.17, 15) is 8.42 Å². The molecular formula is C14H12ClN3O2S. The van der Waals surface area contributed by atoms with E-state index in [0.29, 0.717) is 5.56 Å². The number of aryl methyl sites for hydroxylation is 1. The molecule has 108 valence electrons. The smallest absolute Gasteiger partial charge is 0.264 e. The molecule has 0 aromatic heterocycles. The van der Waals surface area contributed by atoms with E-state index in [1.807, 2.05) is 6.07 Å². The van der Waals surface area contributed by atoms with Crippen LogP contribution in [0.2, 0.25) is 5.02 Å². The highest BCUT2D eigenvalue weighted by Gasteiger charge is 2.20. The number of nitrogens with two attached hydrogens (primary N) is 1. The van der Waals surface area contributed by atoms with Crippen molar-refractivity contribution < 1.29 is 8.42 Å². The van der Waals surface area contributed by atoms with Crippen molar-refractivity contribution in [2.24, 2.45) is 0 Å². The molecule has 0 spiro atoms. The Hall–Kier alpha value is -2.23. The normalized spacial score (nSPS) is 10.9. The SMILES string of the molecule is Cc1cccc(NS(=O)(=O)c2cc(Cl)ccc2N)c1C#N. The lowest BCUT2D eigenvalue weighted by Crippen LogP contribution is -2.15. The van der Waals surface area contributed by atoms with Crippen molar-refractivity contribution in [2.45, 2.75) is 11.8 Å². The van der Waals surface area contributed by atoms with E-state index in [1.54, 1.807) is 19.1 Å². The summed E-state index contributed by atoms with van der Waals surface area (Å²) in [5.41, 5.74) is 6.92. The molecule has 3 N–H and O–H groups in total. The zero-order valence-electron chi connectivity index (χ0n) is 11.1. The van der Waals surface area contributed by atoms with Crippen molar-refractivity contribution >= 4 is 33.0 Å². The van der Waals surface area contributed by atoms with Crippen LogP contribution < -0.4 is 10.5 Å². The van der Waals surface area contributed by atoms with Crippen molar-refractivity contribution in [3.8, 4) is 6.07 Å². The van der Waals surface area contributed by atoms with Gasteiger partial charge in [-0.1, -0.05) is 23.7 Å². The van der Waals surface area contributed by atoms with E-state index in [4.69, 9.17) is 22.6 Å². The lowest BCUT2D eigenvalue weighted by atomic mass is 10.1. The van der Waals surface area contributed by atoms with Crippen LogP contribution in [0.1, 0.15) is 11.1 Å². The van der Waals surface area contributed by atoms with Gasteiger partial charge in [0.15, 0.2) is 0 Å². The van der Waals surface area contributed by atoms with Gasteiger partial charge in [-0.2, -0.15) is 5.26 Å². The molecular weight excluding hydrogens is 310 g/mol. The fourth-order valence-electron chi connectivity index (χ4n) is 1.84. The molecule has 0 radical (unpaired) electrons. The van der Waals surface area contributed by atoms with Crippen molar-refractivity contribution in [3.63, 3.8) is 0 Å². The van der Waals surface area contributed by atoms with Crippen LogP contribution in [0.3, 0.4) is 0 Å². The number of halogens is 1. The second kappa shape index (κ2) is 5.64. The van der Waals surface area contributed by atoms with Gasteiger partial charge in [0.2, 0.25) is 0 Å². The maximum Gasteiger partial charge on any atom is 0.264 e. The minimum Gasteiger partial charge on any atom is -0.398 e. The Morgan fingerprint density at radius 1 is 1.29 bits per heavy atom. The fourth-order valence-corrected chi connectivity index (χ4v) is 3.31. The Bertz CT molecular complexity index is 842. The van der Waals surface area contributed by atoms with Gasteiger partial charge < -0.3 is 5.73 Å². The number of rotatable bonds is 3. The third kappa shape index (κ3) is 3.10. The molecule has 0 atom stereocenters. The molecule has 7 heteroatoms. The van der Waals surface area contributed by atoms with Crippen LogP contribution in [0.4, 0.5) is 11.4 Å². The van der Waals surface area contributed by atoms with Crippen LogP contribution in [-0.2, 0) is 10.0 Å². The van der Waals surface area contributed by atoms with Gasteiger partial charge in [0.05, 0.1) is 16.9 Å². The molecule has 5 nitrogen and oxygen atoms in total. The van der Waals surface area contributed by atoms with Crippen LogP contribution >= 0.6 is 11.6 Å². The number of nitrogen functional groups attached to an aromatic ring is 1. The Morgan fingerprint density at radius 3 is 2.67 bits per heavy atom.